The van der Waals surface area contributed by atoms with E-state index in [0.717, 1.165) is 42.7 Å². The van der Waals surface area contributed by atoms with Gasteiger partial charge < -0.3 is 4.42 Å². The Balaban J connectivity index is 1.62. The Kier molecular flexibility index (Phi) is 3.03. The maximum Gasteiger partial charge on any atom is 0.135 e. The van der Waals surface area contributed by atoms with Gasteiger partial charge in [-0.15, -0.1) is 11.3 Å². The van der Waals surface area contributed by atoms with E-state index < -0.39 is 0 Å². The van der Waals surface area contributed by atoms with E-state index in [9.17, 15) is 0 Å². The molecule has 0 aliphatic heterocycles. The van der Waals surface area contributed by atoms with Crippen LogP contribution in [-0.4, -0.2) is 12.8 Å². The van der Waals surface area contributed by atoms with Crippen molar-refractivity contribution in [2.75, 3.05) is 0 Å². The van der Waals surface area contributed by atoms with Crippen LogP contribution >= 0.6 is 11.3 Å². The average Bonchev–Trinajstić information content (AvgIpc) is 3.30. The molecule has 0 spiro atoms. The molecular formula is C23H12BNOS. The smallest absolute Gasteiger partial charge is 0.135 e. The Morgan fingerprint density at radius 2 is 1.63 bits per heavy atom. The van der Waals surface area contributed by atoms with Crippen molar-refractivity contribution in [2.45, 2.75) is 0 Å². The van der Waals surface area contributed by atoms with Crippen LogP contribution in [0.5, 0.6) is 0 Å². The van der Waals surface area contributed by atoms with Gasteiger partial charge in [-0.3, -0.25) is 0 Å². The van der Waals surface area contributed by atoms with Gasteiger partial charge >= 0.3 is 0 Å². The minimum atomic E-state index is 0.670. The van der Waals surface area contributed by atoms with Crippen molar-refractivity contribution in [3.8, 4) is 10.6 Å². The molecule has 0 saturated carbocycles. The second-order valence-electron chi connectivity index (χ2n) is 6.69. The molecule has 124 valence electrons. The molecule has 2 nitrogen and oxygen atoms in total. The minimum absolute atomic E-state index is 0.670. The molecule has 4 heteroatoms. The highest BCUT2D eigenvalue weighted by Crippen LogP contribution is 2.35. The first-order chi connectivity index (χ1) is 13.3. The van der Waals surface area contributed by atoms with E-state index in [0.29, 0.717) is 5.46 Å². The number of fused-ring (bicyclic) bond motifs is 5. The summed E-state index contributed by atoms with van der Waals surface area (Å²) < 4.78 is 6.99. The molecule has 0 aliphatic carbocycles. The van der Waals surface area contributed by atoms with Crippen molar-refractivity contribution >= 4 is 67.6 Å². The molecule has 0 saturated heterocycles. The van der Waals surface area contributed by atoms with Crippen molar-refractivity contribution in [3.05, 3.63) is 72.8 Å². The normalized spacial score (nSPS) is 11.9. The van der Waals surface area contributed by atoms with E-state index in [1.807, 2.05) is 18.2 Å². The van der Waals surface area contributed by atoms with E-state index in [4.69, 9.17) is 17.2 Å². The predicted molar refractivity (Wildman–Crippen MR) is 115 cm³/mol. The molecule has 0 fully saturated rings. The first kappa shape index (κ1) is 15.0. The molecule has 27 heavy (non-hydrogen) atoms. The molecule has 6 aromatic rings. The molecule has 2 radical (unpaired) electrons. The van der Waals surface area contributed by atoms with Crippen LogP contribution in [0.4, 0.5) is 0 Å². The van der Waals surface area contributed by atoms with Crippen molar-refractivity contribution in [1.82, 2.24) is 4.98 Å². The number of rotatable bonds is 1. The highest BCUT2D eigenvalue weighted by Gasteiger charge is 2.15. The fraction of sp³-hybridized carbons (Fsp3) is 0. The van der Waals surface area contributed by atoms with Crippen molar-refractivity contribution in [2.24, 2.45) is 0 Å². The van der Waals surface area contributed by atoms with Crippen LogP contribution in [0.3, 0.4) is 0 Å². The topological polar surface area (TPSA) is 26.0 Å². The molecule has 0 unspecified atom stereocenters. The first-order valence-electron chi connectivity index (χ1n) is 8.77. The number of furan rings is 1. The van der Waals surface area contributed by atoms with Gasteiger partial charge in [-0.25, -0.2) is 4.98 Å². The Bertz CT molecular complexity index is 1490. The van der Waals surface area contributed by atoms with Gasteiger partial charge in [-0.05, 0) is 34.4 Å². The van der Waals surface area contributed by atoms with Crippen molar-refractivity contribution < 1.29 is 4.42 Å². The monoisotopic (exact) mass is 361 g/mol. The van der Waals surface area contributed by atoms with Crippen LogP contribution in [-0.2, 0) is 0 Å². The van der Waals surface area contributed by atoms with Crippen LogP contribution in [0.2, 0.25) is 0 Å². The number of benzene rings is 4. The second kappa shape index (κ2) is 5.45. The number of hydrogen-bond donors (Lipinski definition) is 0. The summed E-state index contributed by atoms with van der Waals surface area (Å²) in [5.41, 5.74) is 4.29. The Morgan fingerprint density at radius 3 is 2.56 bits per heavy atom. The summed E-state index contributed by atoms with van der Waals surface area (Å²) in [5.74, 6) is 0. The van der Waals surface area contributed by atoms with Crippen molar-refractivity contribution in [1.29, 1.82) is 0 Å². The Morgan fingerprint density at radius 1 is 0.815 bits per heavy atom. The van der Waals surface area contributed by atoms with Crippen LogP contribution in [0.25, 0.3) is 53.5 Å². The van der Waals surface area contributed by atoms with Crippen LogP contribution in [0.15, 0.2) is 77.2 Å². The predicted octanol–water partition coefficient (Wildman–Crippen LogP) is 5.81. The number of nitrogens with zero attached hydrogens (tertiary/aromatic N) is 1. The molecule has 2 aromatic heterocycles. The van der Waals surface area contributed by atoms with E-state index in [1.54, 1.807) is 11.3 Å². The van der Waals surface area contributed by atoms with Gasteiger partial charge in [0.15, 0.2) is 0 Å². The SMILES string of the molecule is [B]c1c2oc3ccccc3c2cc2nc(-c3ccc4ccccc4c3)sc12. The summed E-state index contributed by atoms with van der Waals surface area (Å²) in [6, 6.07) is 24.9. The standard InChI is InChI=1S/C23H12BNOS/c24-20-21-17(16-7-3-4-8-19(16)26-21)12-18-22(20)27-23(25-18)15-10-9-13-5-1-2-6-14(13)11-15/h1-12H. The lowest BCUT2D eigenvalue weighted by atomic mass is 9.93. The minimum Gasteiger partial charge on any atom is -0.457 e. The Hall–Kier alpha value is -3.11. The number of thiazole rings is 1. The molecule has 2 heterocycles. The first-order valence-corrected chi connectivity index (χ1v) is 9.59. The van der Waals surface area contributed by atoms with Gasteiger partial charge in [0, 0.05) is 16.3 Å². The molecule has 0 amide bonds. The van der Waals surface area contributed by atoms with Gasteiger partial charge in [-0.2, -0.15) is 0 Å². The fourth-order valence-corrected chi connectivity index (χ4v) is 4.71. The molecule has 6 rings (SSSR count). The van der Waals surface area contributed by atoms with E-state index >= 15 is 0 Å². The molecule has 0 N–H and O–H groups in total. The summed E-state index contributed by atoms with van der Waals surface area (Å²) in [4.78, 5) is 4.88. The largest absolute Gasteiger partial charge is 0.457 e. The molecule has 0 atom stereocenters. The van der Waals surface area contributed by atoms with Gasteiger partial charge in [0.05, 0.1) is 10.2 Å². The fourth-order valence-electron chi connectivity index (χ4n) is 3.72. The third kappa shape index (κ3) is 2.17. The Labute approximate surface area is 160 Å². The third-order valence-corrected chi connectivity index (χ3v) is 6.21. The molecular weight excluding hydrogens is 349 g/mol. The summed E-state index contributed by atoms with van der Waals surface area (Å²) in [6.45, 7) is 0. The van der Waals surface area contributed by atoms with Gasteiger partial charge in [0.1, 0.15) is 24.0 Å². The molecule has 0 aliphatic rings. The zero-order valence-corrected chi connectivity index (χ0v) is 15.1. The van der Waals surface area contributed by atoms with Gasteiger partial charge in [-0.1, -0.05) is 54.6 Å². The highest BCUT2D eigenvalue weighted by atomic mass is 32.1. The van der Waals surface area contributed by atoms with E-state index in [1.165, 1.54) is 10.8 Å². The molecule has 4 aromatic carbocycles. The van der Waals surface area contributed by atoms with Crippen LogP contribution < -0.4 is 5.46 Å². The number of aromatic nitrogens is 1. The second-order valence-corrected chi connectivity index (χ2v) is 7.69. The lowest BCUT2D eigenvalue weighted by Crippen LogP contribution is -2.02. The number of hydrogen-bond acceptors (Lipinski definition) is 3. The third-order valence-electron chi connectivity index (χ3n) is 5.05. The lowest BCUT2D eigenvalue weighted by Gasteiger charge is -2.00. The summed E-state index contributed by atoms with van der Waals surface area (Å²) in [7, 11) is 6.48. The maximum absolute atomic E-state index is 6.48. The zero-order valence-electron chi connectivity index (χ0n) is 14.3. The lowest BCUT2D eigenvalue weighted by molar-refractivity contribution is 0.672. The zero-order chi connectivity index (χ0) is 18.0. The molecule has 0 bridgehead atoms. The highest BCUT2D eigenvalue weighted by molar-refractivity contribution is 7.22. The van der Waals surface area contributed by atoms with E-state index in [-0.39, 0.29) is 0 Å². The summed E-state index contributed by atoms with van der Waals surface area (Å²) in [6.07, 6.45) is 0. The van der Waals surface area contributed by atoms with Gasteiger partial charge in [0.25, 0.3) is 0 Å². The number of para-hydroxylation sites is 1. The van der Waals surface area contributed by atoms with Crippen LogP contribution in [0, 0.1) is 0 Å². The maximum atomic E-state index is 6.48. The quantitative estimate of drug-likeness (QED) is 0.346. The van der Waals surface area contributed by atoms with Crippen molar-refractivity contribution in [3.63, 3.8) is 0 Å². The van der Waals surface area contributed by atoms with Gasteiger partial charge in [0.2, 0.25) is 0 Å². The van der Waals surface area contributed by atoms with E-state index in [2.05, 4.69) is 54.6 Å². The average molecular weight is 361 g/mol. The summed E-state index contributed by atoms with van der Waals surface area (Å²) >= 11 is 1.61. The summed E-state index contributed by atoms with van der Waals surface area (Å²) in [5, 5.41) is 5.50. The van der Waals surface area contributed by atoms with Crippen LogP contribution in [0.1, 0.15) is 0 Å².